The summed E-state index contributed by atoms with van der Waals surface area (Å²) in [5.74, 6) is 2.18. The van der Waals surface area contributed by atoms with Crippen LogP contribution in [0.1, 0.15) is 24.2 Å². The molecule has 3 aromatic heterocycles. The quantitative estimate of drug-likeness (QED) is 0.462. The fourth-order valence-corrected chi connectivity index (χ4v) is 4.25. The number of hydrogen-bond donors (Lipinski definition) is 1. The third-order valence-electron chi connectivity index (χ3n) is 6.04. The van der Waals surface area contributed by atoms with Crippen LogP contribution in [0.15, 0.2) is 60.8 Å². The molecular formula is C23H21N9. The molecule has 0 unspecified atom stereocenters. The van der Waals surface area contributed by atoms with Gasteiger partial charge in [0.1, 0.15) is 17.0 Å². The van der Waals surface area contributed by atoms with Crippen molar-refractivity contribution < 1.29 is 0 Å². The van der Waals surface area contributed by atoms with E-state index in [1.807, 2.05) is 42.1 Å². The number of nitrogens with two attached hydrogens (primary N) is 1. The van der Waals surface area contributed by atoms with Crippen molar-refractivity contribution in [3.05, 3.63) is 72.2 Å². The second kappa shape index (κ2) is 6.94. The molecule has 0 aliphatic heterocycles. The smallest absolute Gasteiger partial charge is 0.201 e. The molecular weight excluding hydrogens is 402 g/mol. The van der Waals surface area contributed by atoms with E-state index < -0.39 is 0 Å². The Morgan fingerprint density at radius 3 is 2.59 bits per heavy atom. The van der Waals surface area contributed by atoms with Crippen molar-refractivity contribution in [3.63, 3.8) is 0 Å². The molecule has 0 saturated heterocycles. The molecule has 1 fully saturated rings. The fraction of sp³-hybridized carbons (Fsp3) is 0.217. The fourth-order valence-electron chi connectivity index (χ4n) is 4.25. The first-order valence-corrected chi connectivity index (χ1v) is 10.5. The van der Waals surface area contributed by atoms with E-state index in [-0.39, 0.29) is 11.2 Å². The number of anilines is 1. The average Bonchev–Trinajstić information content (AvgIpc) is 3.27. The van der Waals surface area contributed by atoms with Crippen LogP contribution in [0.2, 0.25) is 0 Å². The first kappa shape index (κ1) is 18.6. The van der Waals surface area contributed by atoms with E-state index in [4.69, 9.17) is 15.7 Å². The van der Waals surface area contributed by atoms with Gasteiger partial charge in [0, 0.05) is 12.5 Å². The Morgan fingerprint density at radius 2 is 1.78 bits per heavy atom. The van der Waals surface area contributed by atoms with E-state index in [1.165, 1.54) is 5.56 Å². The average molecular weight is 423 g/mol. The van der Waals surface area contributed by atoms with E-state index in [1.54, 1.807) is 10.9 Å². The highest BCUT2D eigenvalue weighted by Gasteiger charge is 2.48. The van der Waals surface area contributed by atoms with E-state index in [0.717, 1.165) is 36.1 Å². The van der Waals surface area contributed by atoms with E-state index in [2.05, 4.69) is 44.7 Å². The summed E-state index contributed by atoms with van der Waals surface area (Å²) in [6, 6.07) is 18.2. The molecule has 0 radical (unpaired) electrons. The molecule has 0 spiro atoms. The minimum atomic E-state index is 0.0214. The lowest BCUT2D eigenvalue weighted by Gasteiger charge is -2.13. The maximum Gasteiger partial charge on any atom is 0.201 e. The summed E-state index contributed by atoms with van der Waals surface area (Å²) < 4.78 is 3.47. The van der Waals surface area contributed by atoms with E-state index in [0.29, 0.717) is 17.3 Å². The number of aryl methyl sites for hydroxylation is 1. The summed E-state index contributed by atoms with van der Waals surface area (Å²) in [5.41, 5.74) is 9.58. The van der Waals surface area contributed by atoms with Crippen molar-refractivity contribution in [1.82, 2.24) is 39.7 Å². The Morgan fingerprint density at radius 1 is 1.00 bits per heavy atom. The van der Waals surface area contributed by atoms with Crippen LogP contribution in [0.3, 0.4) is 0 Å². The van der Waals surface area contributed by atoms with Gasteiger partial charge in [-0.15, -0.1) is 10.2 Å². The molecule has 32 heavy (non-hydrogen) atoms. The van der Waals surface area contributed by atoms with Crippen LogP contribution in [0.4, 0.5) is 5.82 Å². The molecule has 6 rings (SSSR count). The first-order chi connectivity index (χ1) is 15.6. The molecule has 3 heterocycles. The number of nitrogen functional groups attached to an aromatic ring is 1. The van der Waals surface area contributed by atoms with Crippen molar-refractivity contribution in [3.8, 4) is 17.3 Å². The van der Waals surface area contributed by atoms with Crippen LogP contribution in [0, 0.1) is 0 Å². The number of benzene rings is 2. The highest BCUT2D eigenvalue weighted by molar-refractivity contribution is 5.76. The highest BCUT2D eigenvalue weighted by Crippen LogP contribution is 2.50. The molecule has 9 nitrogen and oxygen atoms in total. The van der Waals surface area contributed by atoms with Crippen LogP contribution >= 0.6 is 0 Å². The number of hydrogen-bond acceptors (Lipinski definition) is 7. The molecule has 2 aromatic carbocycles. The zero-order valence-corrected chi connectivity index (χ0v) is 17.5. The van der Waals surface area contributed by atoms with Gasteiger partial charge in [0.25, 0.3) is 0 Å². The van der Waals surface area contributed by atoms with Gasteiger partial charge >= 0.3 is 0 Å². The van der Waals surface area contributed by atoms with Crippen LogP contribution in [0.25, 0.3) is 28.4 Å². The van der Waals surface area contributed by atoms with Crippen LogP contribution < -0.4 is 5.73 Å². The normalized spacial score (nSPS) is 14.7. The summed E-state index contributed by atoms with van der Waals surface area (Å²) in [6.45, 7) is 0. The monoisotopic (exact) mass is 423 g/mol. The Bertz CT molecular complexity index is 1430. The highest BCUT2D eigenvalue weighted by atomic mass is 15.5. The first-order valence-electron chi connectivity index (χ1n) is 10.5. The third kappa shape index (κ3) is 3.01. The van der Waals surface area contributed by atoms with Gasteiger partial charge in [0.05, 0.1) is 11.7 Å². The molecule has 0 amide bonds. The summed E-state index contributed by atoms with van der Waals surface area (Å²) in [5, 5.41) is 13.1. The zero-order chi connectivity index (χ0) is 21.7. The van der Waals surface area contributed by atoms with Gasteiger partial charge in [-0.1, -0.05) is 47.7 Å². The van der Waals surface area contributed by atoms with E-state index >= 15 is 0 Å². The molecule has 0 bridgehead atoms. The zero-order valence-electron chi connectivity index (χ0n) is 17.5. The Hall–Kier alpha value is -4.14. The van der Waals surface area contributed by atoms with Crippen molar-refractivity contribution in [1.29, 1.82) is 0 Å². The van der Waals surface area contributed by atoms with Crippen molar-refractivity contribution >= 4 is 16.9 Å². The Kier molecular flexibility index (Phi) is 4.04. The molecule has 1 saturated carbocycles. The lowest BCUT2D eigenvalue weighted by atomic mass is 9.95. The second-order valence-corrected chi connectivity index (χ2v) is 8.28. The lowest BCUT2D eigenvalue weighted by Crippen LogP contribution is -2.16. The predicted octanol–water partition coefficient (Wildman–Crippen LogP) is 2.86. The third-order valence-corrected chi connectivity index (χ3v) is 6.04. The Labute approximate surface area is 184 Å². The minimum absolute atomic E-state index is 0.0214. The van der Waals surface area contributed by atoms with Gasteiger partial charge in [0.15, 0.2) is 11.6 Å². The van der Waals surface area contributed by atoms with Gasteiger partial charge < -0.3 is 5.73 Å². The molecule has 5 aromatic rings. The number of aromatic nitrogens is 8. The van der Waals surface area contributed by atoms with Crippen LogP contribution in [0.5, 0.6) is 0 Å². The minimum Gasteiger partial charge on any atom is -0.381 e. The Balaban J connectivity index is 1.38. The number of rotatable bonds is 5. The van der Waals surface area contributed by atoms with Crippen LogP contribution in [-0.2, 0) is 18.9 Å². The second-order valence-electron chi connectivity index (χ2n) is 8.28. The summed E-state index contributed by atoms with van der Waals surface area (Å²) >= 11 is 0. The van der Waals surface area contributed by atoms with Gasteiger partial charge in [-0.25, -0.2) is 15.0 Å². The van der Waals surface area contributed by atoms with E-state index in [9.17, 15) is 0 Å². The largest absolute Gasteiger partial charge is 0.381 e. The SMILES string of the molecule is Cn1nc(-c2cnc(N)c(-n3nnc4ccccc43)n2)nc1C1(Cc2ccccc2)CC1. The topological polar surface area (TPSA) is 113 Å². The van der Waals surface area contributed by atoms with Gasteiger partial charge in [-0.3, -0.25) is 4.68 Å². The van der Waals surface area contributed by atoms with Crippen LogP contribution in [-0.4, -0.2) is 39.7 Å². The summed E-state index contributed by atoms with van der Waals surface area (Å²) in [7, 11) is 1.94. The van der Waals surface area contributed by atoms with Crippen molar-refractivity contribution in [2.24, 2.45) is 7.05 Å². The molecule has 158 valence electrons. The molecule has 1 aliphatic carbocycles. The summed E-state index contributed by atoms with van der Waals surface area (Å²) in [6.07, 6.45) is 4.74. The molecule has 9 heteroatoms. The maximum absolute atomic E-state index is 6.14. The lowest BCUT2D eigenvalue weighted by molar-refractivity contribution is 0.575. The van der Waals surface area contributed by atoms with Crippen molar-refractivity contribution in [2.45, 2.75) is 24.7 Å². The molecule has 2 N–H and O–H groups in total. The number of para-hydroxylation sites is 1. The summed E-state index contributed by atoms with van der Waals surface area (Å²) in [4.78, 5) is 13.9. The standard InChI is InChI=1S/C23H21N9/c1-31-22(23(11-12-23)13-15-7-3-2-4-8-15)27-20(29-31)17-14-25-19(24)21(26-17)32-18-10-6-5-9-16(18)28-30-32/h2-10,14H,11-13H2,1H3,(H2,24,25). The number of fused-ring (bicyclic) bond motifs is 1. The maximum atomic E-state index is 6.14. The van der Waals surface area contributed by atoms with Gasteiger partial charge in [-0.05, 0) is 37.0 Å². The van der Waals surface area contributed by atoms with Crippen molar-refractivity contribution in [2.75, 3.05) is 5.73 Å². The predicted molar refractivity (Wildman–Crippen MR) is 120 cm³/mol. The van der Waals surface area contributed by atoms with Gasteiger partial charge in [-0.2, -0.15) is 4.68 Å². The molecule has 1 aliphatic rings. The molecule has 0 atom stereocenters. The van der Waals surface area contributed by atoms with Gasteiger partial charge in [0.2, 0.25) is 5.82 Å². The number of nitrogens with zero attached hydrogens (tertiary/aromatic N) is 8.